The van der Waals surface area contributed by atoms with E-state index in [0.717, 1.165) is 63.0 Å². The zero-order valence-corrected chi connectivity index (χ0v) is 20.3. The van der Waals surface area contributed by atoms with Crippen molar-refractivity contribution in [3.63, 3.8) is 0 Å². The summed E-state index contributed by atoms with van der Waals surface area (Å²) in [6.45, 7) is 6.68. The lowest BCUT2D eigenvalue weighted by Gasteiger charge is -2.14. The first-order chi connectivity index (χ1) is 13.8. The van der Waals surface area contributed by atoms with Gasteiger partial charge in [-0.2, -0.15) is 0 Å². The van der Waals surface area contributed by atoms with Gasteiger partial charge in [-0.3, -0.25) is 0 Å². The molecule has 6 nitrogen and oxygen atoms in total. The minimum Gasteiger partial charge on any atom is -0.497 e. The Morgan fingerprint density at radius 2 is 1.69 bits per heavy atom. The van der Waals surface area contributed by atoms with Crippen LogP contribution in [0, 0.1) is 0 Å². The monoisotopic (exact) mass is 519 g/mol. The predicted octanol–water partition coefficient (Wildman–Crippen LogP) is 4.12. The van der Waals surface area contributed by atoms with Gasteiger partial charge in [0, 0.05) is 32.9 Å². The lowest BCUT2D eigenvalue weighted by atomic mass is 10.2. The predicted molar refractivity (Wildman–Crippen MR) is 129 cm³/mol. The molecule has 1 aromatic rings. The van der Waals surface area contributed by atoms with Crippen LogP contribution in [0.15, 0.2) is 29.3 Å². The highest BCUT2D eigenvalue weighted by molar-refractivity contribution is 14.0. The summed E-state index contributed by atoms with van der Waals surface area (Å²) in [5.74, 6) is 1.70. The van der Waals surface area contributed by atoms with Crippen molar-refractivity contribution in [1.29, 1.82) is 0 Å². The quantitative estimate of drug-likeness (QED) is 0.178. The van der Waals surface area contributed by atoms with Gasteiger partial charge in [-0.15, -0.1) is 24.0 Å². The topological polar surface area (TPSA) is 64.1 Å². The third kappa shape index (κ3) is 11.6. The van der Waals surface area contributed by atoms with Gasteiger partial charge in [0.05, 0.1) is 19.8 Å². The van der Waals surface area contributed by atoms with Gasteiger partial charge in [-0.1, -0.05) is 25.0 Å². The largest absolute Gasteiger partial charge is 0.497 e. The van der Waals surface area contributed by atoms with Crippen molar-refractivity contribution in [2.75, 3.05) is 40.0 Å². The van der Waals surface area contributed by atoms with Crippen LogP contribution in [0.25, 0.3) is 0 Å². The van der Waals surface area contributed by atoms with E-state index in [-0.39, 0.29) is 24.0 Å². The molecule has 1 aliphatic rings. The van der Waals surface area contributed by atoms with Crippen molar-refractivity contribution in [1.82, 2.24) is 10.6 Å². The van der Waals surface area contributed by atoms with Gasteiger partial charge in [0.25, 0.3) is 0 Å². The molecule has 0 saturated heterocycles. The van der Waals surface area contributed by atoms with Gasteiger partial charge in [-0.25, -0.2) is 4.99 Å². The third-order valence-corrected chi connectivity index (χ3v) is 4.81. The Balaban J connectivity index is 0.00000420. The second-order valence-electron chi connectivity index (χ2n) is 7.05. The van der Waals surface area contributed by atoms with E-state index < -0.39 is 0 Å². The molecule has 0 amide bonds. The van der Waals surface area contributed by atoms with Crippen molar-refractivity contribution < 1.29 is 14.2 Å². The van der Waals surface area contributed by atoms with E-state index in [0.29, 0.717) is 12.6 Å². The maximum atomic E-state index is 5.93. The number of rotatable bonds is 13. The molecule has 1 saturated carbocycles. The Morgan fingerprint density at radius 1 is 1.03 bits per heavy atom. The lowest BCUT2D eigenvalue weighted by Crippen LogP contribution is -2.39. The van der Waals surface area contributed by atoms with Crippen molar-refractivity contribution in [2.45, 2.75) is 58.1 Å². The van der Waals surface area contributed by atoms with E-state index in [9.17, 15) is 0 Å². The molecular formula is C22H38IN3O3. The smallest absolute Gasteiger partial charge is 0.191 e. The lowest BCUT2D eigenvalue weighted by molar-refractivity contribution is 0.0574. The van der Waals surface area contributed by atoms with Crippen molar-refractivity contribution in [2.24, 2.45) is 4.99 Å². The molecule has 7 heteroatoms. The van der Waals surface area contributed by atoms with Gasteiger partial charge in [0.2, 0.25) is 0 Å². The first-order valence-corrected chi connectivity index (χ1v) is 10.7. The number of aliphatic imine (C=N–C) groups is 1. The number of guanidine groups is 1. The Labute approximate surface area is 193 Å². The van der Waals surface area contributed by atoms with E-state index in [1.54, 1.807) is 7.11 Å². The van der Waals surface area contributed by atoms with Gasteiger partial charge in [-0.05, 0) is 50.3 Å². The summed E-state index contributed by atoms with van der Waals surface area (Å²) in [5.41, 5.74) is 1.15. The van der Waals surface area contributed by atoms with Crippen molar-refractivity contribution >= 4 is 29.9 Å². The molecule has 0 atom stereocenters. The highest BCUT2D eigenvalue weighted by Gasteiger charge is 2.14. The Hall–Kier alpha value is -1.06. The fourth-order valence-corrected chi connectivity index (χ4v) is 3.18. The average molecular weight is 519 g/mol. The molecule has 0 radical (unpaired) electrons. The van der Waals surface area contributed by atoms with Crippen LogP contribution in [0.3, 0.4) is 0 Å². The maximum Gasteiger partial charge on any atom is 0.191 e. The van der Waals surface area contributed by atoms with E-state index in [2.05, 4.69) is 10.6 Å². The standard InChI is InChI=1S/C22H37N3O3.HI/c1-3-27-16-6-14-23-22(24-15-7-17-28-21-8-4-5-9-21)25-18-19-10-12-20(26-2)13-11-19;/h10-13,21H,3-9,14-18H2,1-2H3,(H2,23,24,25);1H. The van der Waals surface area contributed by atoms with Crippen molar-refractivity contribution in [3.8, 4) is 5.75 Å². The number of ether oxygens (including phenoxy) is 3. The molecule has 29 heavy (non-hydrogen) atoms. The van der Waals surface area contributed by atoms with Gasteiger partial charge >= 0.3 is 0 Å². The van der Waals surface area contributed by atoms with Crippen LogP contribution in [0.4, 0.5) is 0 Å². The van der Waals surface area contributed by atoms with Gasteiger partial charge < -0.3 is 24.8 Å². The van der Waals surface area contributed by atoms with Gasteiger partial charge in [0.1, 0.15) is 5.75 Å². The number of hydrogen-bond acceptors (Lipinski definition) is 4. The second-order valence-corrected chi connectivity index (χ2v) is 7.05. The third-order valence-electron chi connectivity index (χ3n) is 4.81. The normalized spacial score (nSPS) is 14.5. The molecule has 0 aliphatic heterocycles. The summed E-state index contributed by atoms with van der Waals surface area (Å²) >= 11 is 0. The maximum absolute atomic E-state index is 5.93. The first kappa shape index (κ1) is 26.0. The Bertz CT molecular complexity index is 549. The molecule has 0 bridgehead atoms. The molecule has 2 N–H and O–H groups in total. The number of nitrogens with one attached hydrogen (secondary N) is 2. The number of nitrogens with zero attached hydrogens (tertiary/aromatic N) is 1. The first-order valence-electron chi connectivity index (χ1n) is 10.7. The Morgan fingerprint density at radius 3 is 2.31 bits per heavy atom. The fourth-order valence-electron chi connectivity index (χ4n) is 3.18. The summed E-state index contributed by atoms with van der Waals surface area (Å²) < 4.78 is 16.5. The molecular weight excluding hydrogens is 481 g/mol. The number of halogens is 1. The van der Waals surface area contributed by atoms with Crippen LogP contribution >= 0.6 is 24.0 Å². The molecule has 0 spiro atoms. The second kappa shape index (κ2) is 16.7. The molecule has 1 aromatic carbocycles. The highest BCUT2D eigenvalue weighted by Crippen LogP contribution is 2.20. The summed E-state index contributed by atoms with van der Waals surface area (Å²) in [5, 5.41) is 6.82. The zero-order chi connectivity index (χ0) is 19.9. The van der Waals surface area contributed by atoms with E-state index in [4.69, 9.17) is 19.2 Å². The van der Waals surface area contributed by atoms with Crippen LogP contribution in [0.1, 0.15) is 51.0 Å². The van der Waals surface area contributed by atoms with Gasteiger partial charge in [0.15, 0.2) is 5.96 Å². The minimum absolute atomic E-state index is 0. The summed E-state index contributed by atoms with van der Waals surface area (Å²) in [7, 11) is 1.68. The molecule has 1 aliphatic carbocycles. The Kier molecular flexibility index (Phi) is 15.0. The van der Waals surface area contributed by atoms with Crippen LogP contribution < -0.4 is 15.4 Å². The van der Waals surface area contributed by atoms with E-state index in [1.165, 1.54) is 25.7 Å². The SMILES string of the molecule is CCOCCCNC(=NCc1ccc(OC)cc1)NCCCOC1CCCC1.I. The number of hydrogen-bond donors (Lipinski definition) is 2. The summed E-state index contributed by atoms with van der Waals surface area (Å²) in [6, 6.07) is 8.02. The summed E-state index contributed by atoms with van der Waals surface area (Å²) in [6.07, 6.45) is 7.51. The van der Waals surface area contributed by atoms with Crippen LogP contribution in [0.5, 0.6) is 5.75 Å². The molecule has 0 aromatic heterocycles. The minimum atomic E-state index is 0. The van der Waals surface area contributed by atoms with E-state index >= 15 is 0 Å². The van der Waals surface area contributed by atoms with Crippen molar-refractivity contribution in [3.05, 3.63) is 29.8 Å². The van der Waals surface area contributed by atoms with Crippen LogP contribution in [-0.2, 0) is 16.0 Å². The number of benzene rings is 1. The average Bonchev–Trinajstić information content (AvgIpc) is 3.25. The molecule has 166 valence electrons. The van der Waals surface area contributed by atoms with Crippen LogP contribution in [0.2, 0.25) is 0 Å². The zero-order valence-electron chi connectivity index (χ0n) is 18.0. The molecule has 0 unspecified atom stereocenters. The number of methoxy groups -OCH3 is 1. The molecule has 1 fully saturated rings. The van der Waals surface area contributed by atoms with Crippen LogP contribution in [-0.4, -0.2) is 52.1 Å². The summed E-state index contributed by atoms with van der Waals surface area (Å²) in [4.78, 5) is 4.71. The molecule has 2 rings (SSSR count). The highest BCUT2D eigenvalue weighted by atomic mass is 127. The fraction of sp³-hybridized carbons (Fsp3) is 0.682. The van der Waals surface area contributed by atoms with E-state index in [1.807, 2.05) is 31.2 Å². The molecule has 0 heterocycles.